The number of rotatable bonds is 6. The number of ether oxygens (including phenoxy) is 1. The Bertz CT molecular complexity index is 1210. The van der Waals surface area contributed by atoms with Gasteiger partial charge in [-0.1, -0.05) is 56.3 Å². The van der Waals surface area contributed by atoms with Crippen molar-refractivity contribution >= 4 is 17.5 Å². The molecule has 5 rings (SSSR count). The lowest BCUT2D eigenvalue weighted by Gasteiger charge is -2.42. The van der Waals surface area contributed by atoms with E-state index in [0.717, 1.165) is 29.7 Å². The van der Waals surface area contributed by atoms with E-state index in [-0.39, 0.29) is 17.9 Å². The van der Waals surface area contributed by atoms with E-state index in [0.29, 0.717) is 17.2 Å². The number of fused-ring (bicyclic) bond motifs is 1. The van der Waals surface area contributed by atoms with E-state index >= 15 is 0 Å². The van der Waals surface area contributed by atoms with Crippen molar-refractivity contribution in [3.05, 3.63) is 95.1 Å². The minimum atomic E-state index is -0.536. The van der Waals surface area contributed by atoms with Gasteiger partial charge in [0.2, 0.25) is 5.91 Å². The largest absolute Gasteiger partial charge is 0.497 e. The fraction of sp³-hybridized carbons (Fsp3) is 0.310. The number of methoxy groups -OCH3 is 1. The Kier molecular flexibility index (Phi) is 5.86. The summed E-state index contributed by atoms with van der Waals surface area (Å²) in [5, 5.41) is 3.13. The average Bonchev–Trinajstić information content (AvgIpc) is 3.69. The van der Waals surface area contributed by atoms with Crippen LogP contribution in [-0.4, -0.2) is 29.9 Å². The Morgan fingerprint density at radius 2 is 1.74 bits per heavy atom. The summed E-state index contributed by atoms with van der Waals surface area (Å²) in [5.41, 5.74) is 4.27. The molecule has 2 aliphatic rings. The van der Waals surface area contributed by atoms with Gasteiger partial charge in [-0.15, -0.1) is 0 Å². The van der Waals surface area contributed by atoms with Crippen LogP contribution in [0.5, 0.6) is 5.75 Å². The highest BCUT2D eigenvalue weighted by molar-refractivity contribution is 6.04. The molecule has 2 amide bonds. The highest BCUT2D eigenvalue weighted by atomic mass is 16.5. The molecule has 3 aromatic rings. The van der Waals surface area contributed by atoms with Crippen LogP contribution in [0.25, 0.3) is 0 Å². The maximum absolute atomic E-state index is 13.9. The second-order valence-corrected chi connectivity index (χ2v) is 9.50. The number of amides is 2. The third-order valence-corrected chi connectivity index (χ3v) is 6.88. The summed E-state index contributed by atoms with van der Waals surface area (Å²) in [7, 11) is 1.63. The van der Waals surface area contributed by atoms with Crippen LogP contribution in [0.1, 0.15) is 71.6 Å². The quantitative estimate of drug-likeness (QED) is 0.504. The zero-order chi connectivity index (χ0) is 23.8. The fourth-order valence-corrected chi connectivity index (χ4v) is 4.94. The second kappa shape index (κ2) is 8.98. The molecule has 2 atom stereocenters. The molecule has 1 aliphatic carbocycles. The van der Waals surface area contributed by atoms with E-state index in [1.54, 1.807) is 7.11 Å². The molecule has 0 saturated heterocycles. The van der Waals surface area contributed by atoms with Gasteiger partial charge in [-0.05, 0) is 65.8 Å². The minimum Gasteiger partial charge on any atom is -0.497 e. The summed E-state index contributed by atoms with van der Waals surface area (Å²) in [4.78, 5) is 29.5. The number of nitrogens with one attached hydrogen (secondary N) is 1. The van der Waals surface area contributed by atoms with Crippen molar-refractivity contribution in [3.8, 4) is 5.75 Å². The number of nitrogens with zero attached hydrogens (tertiary/aromatic N) is 1. The van der Waals surface area contributed by atoms with E-state index in [1.807, 2.05) is 65.6 Å². The third kappa shape index (κ3) is 4.07. The minimum absolute atomic E-state index is 0.00347. The molecule has 1 saturated carbocycles. The van der Waals surface area contributed by atoms with Gasteiger partial charge < -0.3 is 15.0 Å². The Hall–Kier alpha value is -3.60. The normalized spacial score (nSPS) is 19.6. The van der Waals surface area contributed by atoms with Gasteiger partial charge >= 0.3 is 0 Å². The zero-order valence-corrected chi connectivity index (χ0v) is 19.8. The van der Waals surface area contributed by atoms with Crippen LogP contribution in [-0.2, 0) is 4.79 Å². The van der Waals surface area contributed by atoms with Gasteiger partial charge in [-0.3, -0.25) is 9.59 Å². The van der Waals surface area contributed by atoms with Gasteiger partial charge in [-0.2, -0.15) is 0 Å². The monoisotopic (exact) mass is 454 g/mol. The Labute approximate surface area is 200 Å². The Morgan fingerprint density at radius 3 is 2.41 bits per heavy atom. The van der Waals surface area contributed by atoms with Gasteiger partial charge in [-0.25, -0.2) is 0 Å². The van der Waals surface area contributed by atoms with Crippen molar-refractivity contribution in [1.82, 2.24) is 4.90 Å². The molecule has 0 bridgehead atoms. The molecule has 0 radical (unpaired) electrons. The van der Waals surface area contributed by atoms with Crippen LogP contribution in [0.2, 0.25) is 0 Å². The van der Waals surface area contributed by atoms with Gasteiger partial charge in [0.05, 0.1) is 19.1 Å². The van der Waals surface area contributed by atoms with Crippen LogP contribution >= 0.6 is 0 Å². The molecule has 34 heavy (non-hydrogen) atoms. The van der Waals surface area contributed by atoms with Gasteiger partial charge in [0.1, 0.15) is 5.75 Å². The lowest BCUT2D eigenvalue weighted by Crippen LogP contribution is -2.47. The zero-order valence-electron chi connectivity index (χ0n) is 19.8. The second-order valence-electron chi connectivity index (χ2n) is 9.50. The number of anilines is 1. The summed E-state index contributed by atoms with van der Waals surface area (Å²) in [6, 6.07) is 23.0. The SMILES string of the molecule is COc1cccc([C@H]2[C@@H](C(=O)Nc3ccc(C(C)C)cc3)c3ccccc3C(=O)N2C2CC2)c1. The highest BCUT2D eigenvalue weighted by Crippen LogP contribution is 2.48. The lowest BCUT2D eigenvalue weighted by molar-refractivity contribution is -0.119. The number of carbonyl (C=O) groups excluding carboxylic acids is 2. The van der Waals surface area contributed by atoms with Gasteiger partial charge in [0.25, 0.3) is 5.91 Å². The van der Waals surface area contributed by atoms with Crippen molar-refractivity contribution in [1.29, 1.82) is 0 Å². The first-order valence-electron chi connectivity index (χ1n) is 11.9. The van der Waals surface area contributed by atoms with Crippen molar-refractivity contribution in [2.45, 2.75) is 50.6 Å². The first kappa shape index (κ1) is 22.2. The average molecular weight is 455 g/mol. The summed E-state index contributed by atoms with van der Waals surface area (Å²) < 4.78 is 5.47. The number of benzene rings is 3. The molecule has 5 nitrogen and oxygen atoms in total. The van der Waals surface area contributed by atoms with Crippen LogP contribution in [0.3, 0.4) is 0 Å². The number of hydrogen-bond donors (Lipinski definition) is 1. The summed E-state index contributed by atoms with van der Waals surface area (Å²) in [5.74, 6) is 0.479. The molecule has 0 unspecified atom stereocenters. The summed E-state index contributed by atoms with van der Waals surface area (Å²) >= 11 is 0. The van der Waals surface area contributed by atoms with E-state index in [4.69, 9.17) is 4.74 Å². The maximum Gasteiger partial charge on any atom is 0.254 e. The van der Waals surface area contributed by atoms with Gasteiger partial charge in [0, 0.05) is 17.3 Å². The van der Waals surface area contributed by atoms with E-state index in [9.17, 15) is 9.59 Å². The molecular weight excluding hydrogens is 424 g/mol. The molecule has 0 spiro atoms. The van der Waals surface area contributed by atoms with Crippen LogP contribution in [0, 0.1) is 0 Å². The molecule has 1 aliphatic heterocycles. The summed E-state index contributed by atoms with van der Waals surface area (Å²) in [6.45, 7) is 4.30. The lowest BCUT2D eigenvalue weighted by atomic mass is 9.79. The number of hydrogen-bond acceptors (Lipinski definition) is 3. The van der Waals surface area contributed by atoms with Crippen molar-refractivity contribution in [2.75, 3.05) is 12.4 Å². The van der Waals surface area contributed by atoms with Crippen molar-refractivity contribution < 1.29 is 14.3 Å². The molecule has 174 valence electrons. The molecule has 3 aromatic carbocycles. The molecule has 0 aromatic heterocycles. The highest BCUT2D eigenvalue weighted by Gasteiger charge is 2.49. The molecule has 1 fully saturated rings. The molecular formula is C29H30N2O3. The fourth-order valence-electron chi connectivity index (χ4n) is 4.94. The van der Waals surface area contributed by atoms with Crippen molar-refractivity contribution in [2.24, 2.45) is 0 Å². The molecule has 1 N–H and O–H groups in total. The van der Waals surface area contributed by atoms with Gasteiger partial charge in [0.15, 0.2) is 0 Å². The number of carbonyl (C=O) groups is 2. The smallest absolute Gasteiger partial charge is 0.254 e. The van der Waals surface area contributed by atoms with Crippen LogP contribution in [0.4, 0.5) is 5.69 Å². The van der Waals surface area contributed by atoms with E-state index in [2.05, 4.69) is 31.3 Å². The standard InChI is InChI=1S/C29H30N2O3/c1-18(2)19-11-13-21(14-12-19)30-28(32)26-24-9-4-5-10-25(24)29(33)31(22-15-16-22)27(26)20-7-6-8-23(17-20)34-3/h4-14,17-18,22,26-27H,15-16H2,1-3H3,(H,30,32)/t26-,27-/m0/s1. The predicted molar refractivity (Wildman–Crippen MR) is 133 cm³/mol. The third-order valence-electron chi connectivity index (χ3n) is 6.88. The Balaban J connectivity index is 1.59. The Morgan fingerprint density at radius 1 is 1.00 bits per heavy atom. The summed E-state index contributed by atoms with van der Waals surface area (Å²) in [6.07, 6.45) is 1.92. The molecule has 5 heteroatoms. The van der Waals surface area contributed by atoms with E-state index < -0.39 is 12.0 Å². The van der Waals surface area contributed by atoms with Crippen LogP contribution < -0.4 is 10.1 Å². The molecule has 1 heterocycles. The maximum atomic E-state index is 13.9. The van der Waals surface area contributed by atoms with E-state index in [1.165, 1.54) is 5.56 Å². The predicted octanol–water partition coefficient (Wildman–Crippen LogP) is 5.90. The first-order valence-corrected chi connectivity index (χ1v) is 11.9. The topological polar surface area (TPSA) is 58.6 Å². The van der Waals surface area contributed by atoms with Crippen LogP contribution in [0.15, 0.2) is 72.8 Å². The van der Waals surface area contributed by atoms with Crippen molar-refractivity contribution in [3.63, 3.8) is 0 Å². The first-order chi connectivity index (χ1) is 16.5.